The Morgan fingerprint density at radius 1 is 1.23 bits per heavy atom. The van der Waals surface area contributed by atoms with Crippen LogP contribution in [0.15, 0.2) is 45.6 Å². The number of thiophene rings is 1. The Morgan fingerprint density at radius 3 is 2.69 bits per heavy atom. The minimum atomic E-state index is -3.54. The molecule has 2 aromatic rings. The number of nitrogens with one attached hydrogen (secondary N) is 2. The summed E-state index contributed by atoms with van der Waals surface area (Å²) in [5.41, 5.74) is 7.41. The van der Waals surface area contributed by atoms with E-state index in [0.717, 1.165) is 17.5 Å². The number of hydrogen-bond acceptors (Lipinski definition) is 4. The minimum absolute atomic E-state index is 0. The molecule has 0 atom stereocenters. The lowest BCUT2D eigenvalue weighted by molar-refractivity contribution is 0.581. The molecule has 26 heavy (non-hydrogen) atoms. The summed E-state index contributed by atoms with van der Waals surface area (Å²) in [6.45, 7) is 4.82. The van der Waals surface area contributed by atoms with Crippen LogP contribution in [0.3, 0.4) is 0 Å². The number of aliphatic imine (C=N–C) groups is 1. The van der Waals surface area contributed by atoms with Crippen molar-refractivity contribution in [2.75, 3.05) is 19.6 Å². The zero-order chi connectivity index (χ0) is 18.3. The second-order valence-corrected chi connectivity index (χ2v) is 8.46. The summed E-state index contributed by atoms with van der Waals surface area (Å²) in [4.78, 5) is 5.72. The van der Waals surface area contributed by atoms with Crippen LogP contribution in [0.25, 0.3) is 0 Å². The van der Waals surface area contributed by atoms with Crippen LogP contribution in [0.5, 0.6) is 0 Å². The van der Waals surface area contributed by atoms with Gasteiger partial charge in [-0.1, -0.05) is 18.2 Å². The van der Waals surface area contributed by atoms with Crippen molar-refractivity contribution in [1.82, 2.24) is 10.0 Å². The largest absolute Gasteiger partial charge is 0.370 e. The Bertz CT molecular complexity index is 821. The Balaban J connectivity index is 0.00000338. The van der Waals surface area contributed by atoms with Crippen molar-refractivity contribution in [3.05, 3.63) is 51.7 Å². The minimum Gasteiger partial charge on any atom is -0.370 e. The summed E-state index contributed by atoms with van der Waals surface area (Å²) in [6.07, 6.45) is 0.882. The lowest BCUT2D eigenvalue weighted by atomic mass is 10.2. The van der Waals surface area contributed by atoms with Crippen molar-refractivity contribution in [3.63, 3.8) is 0 Å². The van der Waals surface area contributed by atoms with E-state index in [-0.39, 0.29) is 37.1 Å². The van der Waals surface area contributed by atoms with Gasteiger partial charge in [0.1, 0.15) is 0 Å². The number of aryl methyl sites for hydroxylation is 2. The maximum Gasteiger partial charge on any atom is 0.240 e. The molecule has 1 aromatic carbocycles. The lowest BCUT2D eigenvalue weighted by Gasteiger charge is -2.09. The number of guanidine groups is 1. The second kappa shape index (κ2) is 10.9. The third-order valence-electron chi connectivity index (χ3n) is 3.58. The highest BCUT2D eigenvalue weighted by Gasteiger charge is 2.15. The summed E-state index contributed by atoms with van der Waals surface area (Å²) in [7, 11) is -3.54. The Morgan fingerprint density at radius 2 is 2.00 bits per heavy atom. The van der Waals surface area contributed by atoms with Crippen molar-refractivity contribution < 1.29 is 8.42 Å². The Hall–Kier alpha value is -1.17. The molecule has 0 bridgehead atoms. The monoisotopic (exact) mass is 508 g/mol. The van der Waals surface area contributed by atoms with Gasteiger partial charge in [0.15, 0.2) is 5.96 Å². The van der Waals surface area contributed by atoms with Crippen molar-refractivity contribution in [3.8, 4) is 0 Å². The van der Waals surface area contributed by atoms with Gasteiger partial charge in [0.05, 0.1) is 11.4 Å². The first-order valence-corrected chi connectivity index (χ1v) is 10.4. The van der Waals surface area contributed by atoms with Crippen LogP contribution in [-0.4, -0.2) is 34.0 Å². The highest BCUT2D eigenvalue weighted by Crippen LogP contribution is 2.16. The maximum absolute atomic E-state index is 12.3. The smallest absolute Gasteiger partial charge is 0.240 e. The summed E-state index contributed by atoms with van der Waals surface area (Å²) < 4.78 is 27.3. The molecule has 0 unspecified atom stereocenters. The van der Waals surface area contributed by atoms with Crippen LogP contribution in [-0.2, 0) is 16.4 Å². The third kappa shape index (κ3) is 7.22. The van der Waals surface area contributed by atoms with Crippen LogP contribution in [0.1, 0.15) is 16.0 Å². The SMILES string of the molecule is Cc1ccc(C)c(S(=O)(=O)NCCN=C(N)NCCc2cccs2)c1.I. The van der Waals surface area contributed by atoms with E-state index < -0.39 is 10.0 Å². The molecule has 144 valence electrons. The summed E-state index contributed by atoms with van der Waals surface area (Å²) in [5.74, 6) is 0.322. The van der Waals surface area contributed by atoms with Crippen molar-refractivity contribution in [2.45, 2.75) is 25.2 Å². The number of rotatable bonds is 8. The van der Waals surface area contributed by atoms with Gasteiger partial charge in [0.2, 0.25) is 10.0 Å². The van der Waals surface area contributed by atoms with Gasteiger partial charge in [-0.3, -0.25) is 4.99 Å². The van der Waals surface area contributed by atoms with Gasteiger partial charge < -0.3 is 11.1 Å². The molecule has 1 heterocycles. The van der Waals surface area contributed by atoms with Crippen molar-refractivity contribution in [1.29, 1.82) is 0 Å². The van der Waals surface area contributed by atoms with Crippen LogP contribution in [0, 0.1) is 13.8 Å². The average molecular weight is 508 g/mol. The highest BCUT2D eigenvalue weighted by atomic mass is 127. The third-order valence-corrected chi connectivity index (χ3v) is 6.12. The quantitative estimate of drug-likeness (QED) is 0.221. The zero-order valence-electron chi connectivity index (χ0n) is 14.9. The Kier molecular flexibility index (Phi) is 9.55. The van der Waals surface area contributed by atoms with Crippen LogP contribution in [0.2, 0.25) is 0 Å². The fourth-order valence-corrected chi connectivity index (χ4v) is 4.31. The molecule has 1 aromatic heterocycles. The van der Waals surface area contributed by atoms with Crippen LogP contribution in [0.4, 0.5) is 0 Å². The molecule has 0 radical (unpaired) electrons. The van der Waals surface area contributed by atoms with E-state index in [1.807, 2.05) is 24.4 Å². The molecule has 9 heteroatoms. The molecule has 2 rings (SSSR count). The molecule has 0 saturated heterocycles. The van der Waals surface area contributed by atoms with E-state index >= 15 is 0 Å². The molecule has 0 fully saturated rings. The number of hydrogen-bond donors (Lipinski definition) is 3. The van der Waals surface area contributed by atoms with E-state index in [1.54, 1.807) is 30.4 Å². The standard InChI is InChI=1S/C17H24N4O2S2.HI/c1-13-5-6-14(2)16(12-13)25(22,23)21-10-9-20-17(18)19-8-7-15-4-3-11-24-15;/h3-6,11-12,21H,7-10H2,1-2H3,(H3,18,19,20);1H. The molecule has 0 amide bonds. The molecule has 0 saturated carbocycles. The van der Waals surface area contributed by atoms with Gasteiger partial charge >= 0.3 is 0 Å². The topological polar surface area (TPSA) is 96.6 Å². The van der Waals surface area contributed by atoms with Gasteiger partial charge in [-0.15, -0.1) is 35.3 Å². The molecular weight excluding hydrogens is 483 g/mol. The molecule has 6 nitrogen and oxygen atoms in total. The van der Waals surface area contributed by atoms with Crippen LogP contribution < -0.4 is 15.8 Å². The van der Waals surface area contributed by atoms with Gasteiger partial charge in [0.25, 0.3) is 0 Å². The van der Waals surface area contributed by atoms with E-state index in [4.69, 9.17) is 5.73 Å². The summed E-state index contributed by atoms with van der Waals surface area (Å²) >= 11 is 1.70. The molecule has 4 N–H and O–H groups in total. The predicted molar refractivity (Wildman–Crippen MR) is 119 cm³/mol. The van der Waals surface area contributed by atoms with E-state index in [0.29, 0.717) is 17.4 Å². The van der Waals surface area contributed by atoms with Crippen molar-refractivity contribution in [2.24, 2.45) is 10.7 Å². The first-order valence-electron chi connectivity index (χ1n) is 8.01. The maximum atomic E-state index is 12.3. The first kappa shape index (κ1) is 22.9. The normalized spacial score (nSPS) is 11.8. The highest BCUT2D eigenvalue weighted by molar-refractivity contribution is 14.0. The average Bonchev–Trinajstić information content (AvgIpc) is 3.07. The molecular formula is C17H25IN4O2S2. The van der Waals surface area contributed by atoms with Gasteiger partial charge in [-0.2, -0.15) is 0 Å². The summed E-state index contributed by atoms with van der Waals surface area (Å²) in [5, 5.41) is 5.06. The molecule has 0 aliphatic carbocycles. The second-order valence-electron chi connectivity index (χ2n) is 5.69. The van der Waals surface area contributed by atoms with E-state index in [1.165, 1.54) is 4.88 Å². The van der Waals surface area contributed by atoms with Gasteiger partial charge in [-0.25, -0.2) is 13.1 Å². The van der Waals surface area contributed by atoms with Crippen molar-refractivity contribution >= 4 is 51.3 Å². The fraction of sp³-hybridized carbons (Fsp3) is 0.353. The zero-order valence-corrected chi connectivity index (χ0v) is 18.8. The van der Waals surface area contributed by atoms with Gasteiger partial charge in [-0.05, 0) is 48.9 Å². The number of benzene rings is 1. The first-order chi connectivity index (χ1) is 11.9. The summed E-state index contributed by atoms with van der Waals surface area (Å²) in [6, 6.07) is 9.45. The number of nitrogens with zero attached hydrogens (tertiary/aromatic N) is 1. The lowest BCUT2D eigenvalue weighted by Crippen LogP contribution is -2.34. The van der Waals surface area contributed by atoms with Crippen LogP contribution >= 0.6 is 35.3 Å². The molecule has 0 aliphatic heterocycles. The fourth-order valence-electron chi connectivity index (χ4n) is 2.26. The molecule has 0 aliphatic rings. The number of halogens is 1. The Labute approximate surface area is 176 Å². The van der Waals surface area contributed by atoms with E-state index in [9.17, 15) is 8.42 Å². The number of sulfonamides is 1. The predicted octanol–water partition coefficient (Wildman–Crippen LogP) is 2.41. The number of nitrogens with two attached hydrogens (primary N) is 1. The van der Waals surface area contributed by atoms with E-state index in [2.05, 4.69) is 21.1 Å². The van der Waals surface area contributed by atoms with Gasteiger partial charge in [0, 0.05) is 18.0 Å². The molecule has 0 spiro atoms.